The van der Waals surface area contributed by atoms with E-state index < -0.39 is 72.8 Å². The van der Waals surface area contributed by atoms with Crippen LogP contribution in [0.2, 0.25) is 0 Å². The lowest BCUT2D eigenvalue weighted by atomic mass is 9.44. The minimum Gasteiger partial charge on any atom is -0.404 e. The molecule has 2 aromatic rings. The molecule has 0 radical (unpaired) electrons. The van der Waals surface area contributed by atoms with Gasteiger partial charge in [0.2, 0.25) is 0 Å². The second kappa shape index (κ2) is 21.5. The fraction of sp³-hybridized carbons (Fsp3) is 0.654. The van der Waals surface area contributed by atoms with Crippen molar-refractivity contribution in [3.05, 3.63) is 89.0 Å². The standard InChI is InChI=1S/C52H71FNO12PS/c1-49-22-19-40(56)29-39(49)16-17-41-42-30-47-52(46(59)33-55,50(42,2)31-45(58)51(41,49)53)65-48(64-47)36-20-26-68(27-21-36)34-38-28-37(15-18-44(38)66-67(60,61)62)43(57)32-54-23-9-3-4-10-24-63-25-11-8-14-35-12-6-5-7-13-35/h5-7,12-13,15,18-19,22,28-29,36,41-43,45,47-48,54-55,57-58H,3-4,8-11,14,16-17,20-21,23-27,30-34H2,1-2H3,(H-,60,61,62)/p+1/t36?,41-,42-,43?,45-,47+,48+,49-,50-,51-,52+,68?/m0/s1. The second-order valence-corrected chi connectivity index (χ2v) is 24.1. The number of allylic oxidation sites excluding steroid dienone is 4. The number of Topliss-reactive ketones (excluding diaryl/α,β-unsaturated/α-hetero) is 1. The van der Waals surface area contributed by atoms with Gasteiger partial charge in [-0.1, -0.05) is 67.8 Å². The summed E-state index contributed by atoms with van der Waals surface area (Å²) in [7, 11) is -5.09. The number of hydrogen-bond acceptors (Lipinski definition) is 11. The van der Waals surface area contributed by atoms with E-state index in [2.05, 4.69) is 29.6 Å². The molecule has 4 aliphatic carbocycles. The molecule has 0 amide bonds. The summed E-state index contributed by atoms with van der Waals surface area (Å²) in [6.07, 6.45) is 10.6. The number of halogens is 1. The normalized spacial score (nSPS) is 34.7. The maximum absolute atomic E-state index is 17.8. The summed E-state index contributed by atoms with van der Waals surface area (Å²) in [6.45, 7) is 5.49. The zero-order valence-electron chi connectivity index (χ0n) is 39.6. The van der Waals surface area contributed by atoms with Crippen molar-refractivity contribution in [3.63, 3.8) is 0 Å². The van der Waals surface area contributed by atoms with E-state index in [4.69, 9.17) is 18.7 Å². The van der Waals surface area contributed by atoms with Crippen LogP contribution in [0.5, 0.6) is 5.75 Å². The number of nitrogens with one attached hydrogen (secondary N) is 1. The molecule has 16 heteroatoms. The number of ether oxygens (including phenoxy) is 3. The molecule has 0 bridgehead atoms. The minimum absolute atomic E-state index is 0.0717. The van der Waals surface area contributed by atoms with Gasteiger partial charge in [0.15, 0.2) is 29.1 Å². The maximum atomic E-state index is 17.8. The van der Waals surface area contributed by atoms with E-state index >= 15 is 4.39 Å². The van der Waals surface area contributed by atoms with Crippen LogP contribution < -0.4 is 9.84 Å². The van der Waals surface area contributed by atoms with E-state index in [1.165, 1.54) is 23.8 Å². The number of phosphoric ester groups is 1. The molecule has 6 aliphatic rings. The van der Waals surface area contributed by atoms with Crippen LogP contribution in [0.3, 0.4) is 0 Å². The van der Waals surface area contributed by atoms with E-state index in [-0.39, 0.29) is 40.7 Å². The lowest BCUT2D eigenvalue weighted by Gasteiger charge is -2.62. The molecule has 3 saturated carbocycles. The molecule has 0 aromatic heterocycles. The van der Waals surface area contributed by atoms with Gasteiger partial charge >= 0.3 is 7.82 Å². The van der Waals surface area contributed by atoms with Crippen LogP contribution in [-0.4, -0.2) is 111 Å². The Hall–Kier alpha value is -2.79. The molecule has 10 atom stereocenters. The molecule has 68 heavy (non-hydrogen) atoms. The molecule has 2 saturated heterocycles. The van der Waals surface area contributed by atoms with Crippen LogP contribution in [-0.2, 0) is 51.4 Å². The Kier molecular flexibility index (Phi) is 16.3. The van der Waals surface area contributed by atoms with Crippen LogP contribution in [0.4, 0.5) is 4.39 Å². The predicted molar refractivity (Wildman–Crippen MR) is 257 cm³/mol. The van der Waals surface area contributed by atoms with Crippen molar-refractivity contribution in [2.45, 2.75) is 139 Å². The highest BCUT2D eigenvalue weighted by atomic mass is 32.2. The van der Waals surface area contributed by atoms with Gasteiger partial charge in [0.25, 0.3) is 0 Å². The molecule has 2 aliphatic heterocycles. The molecule has 2 aromatic carbocycles. The van der Waals surface area contributed by atoms with Crippen molar-refractivity contribution in [1.82, 2.24) is 5.32 Å². The Balaban J connectivity index is 0.820. The van der Waals surface area contributed by atoms with Crippen LogP contribution in [0.1, 0.15) is 114 Å². The molecule has 5 fully saturated rings. The summed E-state index contributed by atoms with van der Waals surface area (Å²) in [5.41, 5.74) is -2.60. The number of carbonyl (C=O) groups is 2. The second-order valence-electron chi connectivity index (χ2n) is 20.6. The Bertz CT molecular complexity index is 2200. The SMILES string of the molecule is C[C@]12C=CC(=O)C=C1CC[C@H]1[C@@H]3C[C@H]4O[C@@H](C5CC[S+](Cc6cc(C(O)CNCCCCCCOCCCCc7ccccc7)ccc6OP(=O)(O)O)CC5)O[C@@]4(C(=O)CO)[C@@]3(C)C[C@H](O)[C@@]12F. The number of carbonyl (C=O) groups excluding carboxylic acids is 2. The maximum Gasteiger partial charge on any atom is 0.524 e. The Morgan fingerprint density at radius 2 is 1.74 bits per heavy atom. The fourth-order valence-electron chi connectivity index (χ4n) is 12.9. The summed E-state index contributed by atoms with van der Waals surface area (Å²) in [5.74, 6) is 0.228. The number of phosphoric acid groups is 1. The third-order valence-corrected chi connectivity index (χ3v) is 19.3. The monoisotopic (exact) mass is 984 g/mol. The highest BCUT2D eigenvalue weighted by molar-refractivity contribution is 7.96. The van der Waals surface area contributed by atoms with Gasteiger partial charge in [-0.25, -0.2) is 8.96 Å². The van der Waals surface area contributed by atoms with Gasteiger partial charge in [-0.2, -0.15) is 0 Å². The topological polar surface area (TPSA) is 201 Å². The van der Waals surface area contributed by atoms with E-state index in [1.807, 2.05) is 13.0 Å². The van der Waals surface area contributed by atoms with Gasteiger partial charge in [0.1, 0.15) is 29.6 Å². The Morgan fingerprint density at radius 1 is 1.00 bits per heavy atom. The number of fused-ring (bicyclic) bond motifs is 7. The number of unbranched alkanes of at least 4 members (excludes halogenated alkanes) is 4. The van der Waals surface area contributed by atoms with Gasteiger partial charge in [-0.15, -0.1) is 0 Å². The number of hydrogen-bond donors (Lipinski definition) is 6. The van der Waals surface area contributed by atoms with Gasteiger partial charge in [-0.3, -0.25) is 19.4 Å². The van der Waals surface area contributed by atoms with Crippen LogP contribution >= 0.6 is 7.82 Å². The number of ketones is 2. The summed E-state index contributed by atoms with van der Waals surface area (Å²) < 4.78 is 54.3. The van der Waals surface area contributed by atoms with E-state index in [9.17, 15) is 39.3 Å². The zero-order valence-corrected chi connectivity index (χ0v) is 41.3. The molecule has 8 rings (SSSR count). The molecule has 13 nitrogen and oxygen atoms in total. The van der Waals surface area contributed by atoms with E-state index in [0.717, 1.165) is 76.2 Å². The largest absolute Gasteiger partial charge is 0.524 e. The Morgan fingerprint density at radius 3 is 2.47 bits per heavy atom. The number of alkyl halides is 1. The van der Waals surface area contributed by atoms with E-state index in [1.54, 1.807) is 25.1 Å². The zero-order chi connectivity index (χ0) is 48.3. The van der Waals surface area contributed by atoms with Crippen LogP contribution in [0.15, 0.2) is 72.3 Å². The first kappa shape index (κ1) is 51.6. The molecule has 374 valence electrons. The lowest BCUT2D eigenvalue weighted by molar-refractivity contribution is -0.235. The number of aliphatic hydroxyl groups is 3. The molecular formula is C52H72FNO12PS+. The molecule has 2 heterocycles. The highest BCUT2D eigenvalue weighted by Gasteiger charge is 2.79. The average Bonchev–Trinajstić information content (AvgIpc) is 3.81. The van der Waals surface area contributed by atoms with Crippen molar-refractivity contribution in [1.29, 1.82) is 0 Å². The quantitative estimate of drug-likeness (QED) is 0.0404. The first-order valence-corrected chi connectivity index (χ1v) is 28.1. The fourth-order valence-corrected chi connectivity index (χ4v) is 15.8. The average molecular weight is 985 g/mol. The van der Waals surface area contributed by atoms with E-state index in [0.29, 0.717) is 61.1 Å². The van der Waals surface area contributed by atoms with Crippen molar-refractivity contribution >= 4 is 30.3 Å². The summed E-state index contributed by atoms with van der Waals surface area (Å²) >= 11 is 0. The highest BCUT2D eigenvalue weighted by Crippen LogP contribution is 2.72. The van der Waals surface area contributed by atoms with Crippen molar-refractivity contribution in [2.24, 2.45) is 28.6 Å². The van der Waals surface area contributed by atoms with Crippen molar-refractivity contribution in [2.75, 3.05) is 44.4 Å². The number of benzene rings is 2. The third kappa shape index (κ3) is 10.3. The molecule has 1 unspecified atom stereocenters. The molecular weight excluding hydrogens is 913 g/mol. The van der Waals surface area contributed by atoms with Crippen LogP contribution in [0, 0.1) is 28.6 Å². The summed E-state index contributed by atoms with van der Waals surface area (Å²) in [6, 6.07) is 15.4. The Labute approximate surface area is 403 Å². The van der Waals surface area contributed by atoms with Gasteiger partial charge in [0, 0.05) is 48.0 Å². The first-order valence-electron chi connectivity index (χ1n) is 24.8. The minimum atomic E-state index is -4.87. The number of rotatable bonds is 22. The van der Waals surface area contributed by atoms with Crippen molar-refractivity contribution < 1.29 is 62.4 Å². The van der Waals surface area contributed by atoms with Gasteiger partial charge in [0.05, 0.1) is 18.3 Å². The predicted octanol–water partition coefficient (Wildman–Crippen LogP) is 6.93. The van der Waals surface area contributed by atoms with Gasteiger partial charge in [-0.05, 0) is 136 Å². The smallest absolute Gasteiger partial charge is 0.404 e. The lowest BCUT2D eigenvalue weighted by Crippen LogP contribution is -2.69. The molecule has 0 spiro atoms. The third-order valence-electron chi connectivity index (χ3n) is 16.5. The summed E-state index contributed by atoms with van der Waals surface area (Å²) in [4.78, 5) is 45.8. The first-order chi connectivity index (χ1) is 32.5. The number of aryl methyl sites for hydroxylation is 1. The van der Waals surface area contributed by atoms with Gasteiger partial charge < -0.3 is 39.4 Å². The number of aliphatic hydroxyl groups excluding tert-OH is 3. The molecule has 6 N–H and O–H groups in total. The van der Waals surface area contributed by atoms with Crippen LogP contribution in [0.25, 0.3) is 0 Å². The summed E-state index contributed by atoms with van der Waals surface area (Å²) in [5, 5.41) is 36.8. The van der Waals surface area contributed by atoms with Crippen molar-refractivity contribution in [3.8, 4) is 5.75 Å².